The van der Waals surface area contributed by atoms with Gasteiger partial charge in [0.2, 0.25) is 0 Å². The summed E-state index contributed by atoms with van der Waals surface area (Å²) in [6.45, 7) is 1.90. The van der Waals surface area contributed by atoms with Crippen LogP contribution in [0.1, 0.15) is 18.8 Å². The molecule has 0 radical (unpaired) electrons. The molecule has 3 heteroatoms. The fourth-order valence-corrected chi connectivity index (χ4v) is 1.33. The number of hydrogen-bond donors (Lipinski definition) is 0. The van der Waals surface area contributed by atoms with E-state index < -0.39 is 0 Å². The molecule has 1 aliphatic rings. The largest absolute Gasteiger partial charge is 0.320 e. The summed E-state index contributed by atoms with van der Waals surface area (Å²) >= 11 is 0. The fraction of sp³-hybridized carbons (Fsp3) is 0.333. The predicted molar refractivity (Wildman–Crippen MR) is 49.0 cm³/mol. The summed E-state index contributed by atoms with van der Waals surface area (Å²) in [6, 6.07) is 8.17. The zero-order valence-electron chi connectivity index (χ0n) is 7.28. The maximum atomic E-state index is 5.36. The minimum absolute atomic E-state index is 0.0458. The van der Waals surface area contributed by atoms with Gasteiger partial charge in [0.15, 0.2) is 12.6 Å². The minimum atomic E-state index is -0.139. The highest BCUT2D eigenvalue weighted by Crippen LogP contribution is 2.30. The Balaban J connectivity index is 2.13. The Hall–Kier alpha value is -0.795. The molecular weight excluding hydrogens is 151 g/mol. The third kappa shape index (κ3) is 1.38. The molecule has 0 saturated carbocycles. The van der Waals surface area contributed by atoms with E-state index in [0.717, 1.165) is 5.56 Å². The van der Waals surface area contributed by atoms with Gasteiger partial charge in [-0.3, -0.25) is 0 Å². The predicted octanol–water partition coefficient (Wildman–Crippen LogP) is 0.336. The lowest BCUT2D eigenvalue weighted by atomic mass is 9.94. The molecule has 0 N–H and O–H groups in total. The van der Waals surface area contributed by atoms with E-state index in [9.17, 15) is 0 Å². The van der Waals surface area contributed by atoms with Gasteiger partial charge in [-0.2, -0.15) is 0 Å². The highest BCUT2D eigenvalue weighted by atomic mass is 16.9. The van der Waals surface area contributed by atoms with Crippen LogP contribution in [-0.4, -0.2) is 14.1 Å². The molecule has 1 heterocycles. The van der Waals surface area contributed by atoms with Gasteiger partial charge in [0, 0.05) is 5.56 Å². The Morgan fingerprint density at radius 3 is 2.67 bits per heavy atom. The Kier molecular flexibility index (Phi) is 1.91. The fourth-order valence-electron chi connectivity index (χ4n) is 1.33. The van der Waals surface area contributed by atoms with Gasteiger partial charge in [-0.25, -0.2) is 0 Å². The van der Waals surface area contributed by atoms with E-state index in [0.29, 0.717) is 0 Å². The van der Waals surface area contributed by atoms with Crippen LogP contribution in [0.4, 0.5) is 0 Å². The molecule has 0 aromatic heterocycles. The second-order valence-corrected chi connectivity index (χ2v) is 3.09. The van der Waals surface area contributed by atoms with E-state index in [-0.39, 0.29) is 12.6 Å². The van der Waals surface area contributed by atoms with Crippen molar-refractivity contribution in [3.63, 3.8) is 0 Å². The lowest BCUT2D eigenvalue weighted by molar-refractivity contribution is -0.382. The molecule has 2 rings (SSSR count). The molecule has 0 unspecified atom stereocenters. The molecule has 62 valence electrons. The van der Waals surface area contributed by atoms with Crippen molar-refractivity contribution in [2.24, 2.45) is 0 Å². The monoisotopic (exact) mass is 162 g/mol. The summed E-state index contributed by atoms with van der Waals surface area (Å²) in [4.78, 5) is 0. The van der Waals surface area contributed by atoms with Crippen molar-refractivity contribution in [1.82, 2.24) is 0 Å². The van der Waals surface area contributed by atoms with E-state index in [1.54, 1.807) is 0 Å². The van der Waals surface area contributed by atoms with E-state index in [2.05, 4.69) is 20.0 Å². The number of ether oxygens (including phenoxy) is 2. The summed E-state index contributed by atoms with van der Waals surface area (Å²) in [5.74, 6) is 0. The zero-order chi connectivity index (χ0) is 8.55. The second kappa shape index (κ2) is 2.92. The van der Waals surface area contributed by atoms with Crippen molar-refractivity contribution in [1.29, 1.82) is 0 Å². The van der Waals surface area contributed by atoms with Crippen LogP contribution < -0.4 is 5.46 Å². The highest BCUT2D eigenvalue weighted by molar-refractivity contribution is 6.32. The summed E-state index contributed by atoms with van der Waals surface area (Å²) in [5.41, 5.74) is 2.34. The van der Waals surface area contributed by atoms with Gasteiger partial charge in [-0.05, 0) is 6.92 Å². The third-order valence-electron chi connectivity index (χ3n) is 1.94. The Labute approximate surface area is 72.9 Å². The normalized spacial score (nSPS) is 28.1. The first kappa shape index (κ1) is 7.83. The van der Waals surface area contributed by atoms with Crippen LogP contribution in [0.15, 0.2) is 24.3 Å². The maximum absolute atomic E-state index is 5.36. The van der Waals surface area contributed by atoms with Crippen molar-refractivity contribution in [3.8, 4) is 0 Å². The second-order valence-electron chi connectivity index (χ2n) is 3.09. The number of rotatable bonds is 1. The standard InChI is InChI=1S/C9H11BO2/c1-6-11-9(12-6)7-3-2-4-8(10)5-7/h2-6,9H,10H2,1H3. The van der Waals surface area contributed by atoms with Crippen LogP contribution >= 0.6 is 0 Å². The smallest absolute Gasteiger partial charge is 0.189 e. The van der Waals surface area contributed by atoms with Crippen LogP contribution in [0.2, 0.25) is 0 Å². The molecule has 0 spiro atoms. The Morgan fingerprint density at radius 1 is 1.33 bits per heavy atom. The molecule has 12 heavy (non-hydrogen) atoms. The SMILES string of the molecule is Bc1cccc(C2OC(C)O2)c1. The van der Waals surface area contributed by atoms with E-state index >= 15 is 0 Å². The first-order chi connectivity index (χ1) is 5.75. The van der Waals surface area contributed by atoms with Crippen molar-refractivity contribution >= 4 is 13.3 Å². The van der Waals surface area contributed by atoms with Gasteiger partial charge in [0.25, 0.3) is 0 Å². The zero-order valence-corrected chi connectivity index (χ0v) is 7.28. The molecule has 1 fully saturated rings. The van der Waals surface area contributed by atoms with Gasteiger partial charge >= 0.3 is 0 Å². The van der Waals surface area contributed by atoms with Gasteiger partial charge in [-0.15, -0.1) is 0 Å². The van der Waals surface area contributed by atoms with Crippen LogP contribution in [0.25, 0.3) is 0 Å². The molecule has 0 bridgehead atoms. The van der Waals surface area contributed by atoms with Crippen LogP contribution in [0, 0.1) is 0 Å². The summed E-state index contributed by atoms with van der Waals surface area (Å²) in [5, 5.41) is 0. The van der Waals surface area contributed by atoms with Gasteiger partial charge < -0.3 is 9.47 Å². The van der Waals surface area contributed by atoms with E-state index in [4.69, 9.17) is 9.47 Å². The molecule has 0 atom stereocenters. The number of benzene rings is 1. The lowest BCUT2D eigenvalue weighted by Gasteiger charge is -2.34. The molecule has 1 aromatic carbocycles. The van der Waals surface area contributed by atoms with Crippen molar-refractivity contribution in [2.75, 3.05) is 0 Å². The molecule has 0 aliphatic carbocycles. The average molecular weight is 162 g/mol. The molecule has 0 amide bonds. The summed E-state index contributed by atoms with van der Waals surface area (Å²) in [6.07, 6.45) is -0.185. The van der Waals surface area contributed by atoms with Crippen LogP contribution in [0.3, 0.4) is 0 Å². The lowest BCUT2D eigenvalue weighted by Crippen LogP contribution is -2.32. The van der Waals surface area contributed by atoms with Gasteiger partial charge in [0.05, 0.1) is 0 Å². The van der Waals surface area contributed by atoms with Gasteiger partial charge in [0.1, 0.15) is 7.85 Å². The first-order valence-electron chi connectivity index (χ1n) is 4.13. The molecule has 1 aromatic rings. The first-order valence-corrected chi connectivity index (χ1v) is 4.13. The van der Waals surface area contributed by atoms with E-state index in [1.165, 1.54) is 5.46 Å². The average Bonchev–Trinajstić information content (AvgIpc) is 1.99. The summed E-state index contributed by atoms with van der Waals surface area (Å²) in [7, 11) is 2.06. The van der Waals surface area contributed by atoms with Crippen molar-refractivity contribution in [2.45, 2.75) is 19.5 Å². The maximum Gasteiger partial charge on any atom is 0.189 e. The van der Waals surface area contributed by atoms with Crippen LogP contribution in [-0.2, 0) is 9.47 Å². The minimum Gasteiger partial charge on any atom is -0.320 e. The summed E-state index contributed by atoms with van der Waals surface area (Å²) < 4.78 is 10.7. The molecular formula is C9H11BO2. The Bertz CT molecular complexity index is 282. The Morgan fingerprint density at radius 2 is 2.08 bits per heavy atom. The topological polar surface area (TPSA) is 18.5 Å². The van der Waals surface area contributed by atoms with Crippen LogP contribution in [0.5, 0.6) is 0 Å². The number of hydrogen-bond acceptors (Lipinski definition) is 2. The van der Waals surface area contributed by atoms with E-state index in [1.807, 2.05) is 19.1 Å². The van der Waals surface area contributed by atoms with Crippen molar-refractivity contribution in [3.05, 3.63) is 29.8 Å². The third-order valence-corrected chi connectivity index (χ3v) is 1.94. The molecule has 2 nitrogen and oxygen atoms in total. The molecule has 1 aliphatic heterocycles. The quantitative estimate of drug-likeness (QED) is 0.554. The highest BCUT2D eigenvalue weighted by Gasteiger charge is 2.27. The van der Waals surface area contributed by atoms with Gasteiger partial charge in [-0.1, -0.05) is 29.7 Å². The van der Waals surface area contributed by atoms with Crippen molar-refractivity contribution < 1.29 is 9.47 Å². The molecule has 1 saturated heterocycles.